The van der Waals surface area contributed by atoms with Gasteiger partial charge in [0.15, 0.2) is 5.75 Å². The predicted molar refractivity (Wildman–Crippen MR) is 85.2 cm³/mol. The summed E-state index contributed by atoms with van der Waals surface area (Å²) < 4.78 is 6.48. The van der Waals surface area contributed by atoms with Gasteiger partial charge in [0, 0.05) is 12.1 Å². The standard InChI is InChI=1S/C15H18INO2/c1-4-6-7-17-13(5-2)11-8-10(3)9-12(16)14(11)19-15(17)18/h5,8-9H,4,6-7H2,1-3H3/b13-5-. The van der Waals surface area contributed by atoms with E-state index in [1.807, 2.05) is 19.1 Å². The highest BCUT2D eigenvalue weighted by Gasteiger charge is 2.30. The largest absolute Gasteiger partial charge is 0.419 e. The molecule has 1 heterocycles. The van der Waals surface area contributed by atoms with Crippen molar-refractivity contribution in [1.82, 2.24) is 4.90 Å². The van der Waals surface area contributed by atoms with Gasteiger partial charge in [-0.25, -0.2) is 4.79 Å². The number of aryl methyl sites for hydroxylation is 1. The summed E-state index contributed by atoms with van der Waals surface area (Å²) in [6.45, 7) is 6.85. The van der Waals surface area contributed by atoms with Crippen molar-refractivity contribution in [2.45, 2.75) is 33.6 Å². The van der Waals surface area contributed by atoms with Crippen LogP contribution in [0.2, 0.25) is 0 Å². The molecule has 0 saturated carbocycles. The van der Waals surface area contributed by atoms with Crippen molar-refractivity contribution in [3.05, 3.63) is 32.9 Å². The summed E-state index contributed by atoms with van der Waals surface area (Å²) >= 11 is 2.22. The van der Waals surface area contributed by atoms with Gasteiger partial charge in [-0.2, -0.15) is 0 Å². The van der Waals surface area contributed by atoms with Gasteiger partial charge in [-0.15, -0.1) is 0 Å². The highest BCUT2D eigenvalue weighted by molar-refractivity contribution is 14.1. The normalized spacial score (nSPS) is 16.5. The Morgan fingerprint density at radius 2 is 2.16 bits per heavy atom. The van der Waals surface area contributed by atoms with Crippen LogP contribution >= 0.6 is 22.6 Å². The van der Waals surface area contributed by atoms with Crippen LogP contribution in [-0.4, -0.2) is 17.5 Å². The number of carbonyl (C=O) groups excluding carboxylic acids is 1. The van der Waals surface area contributed by atoms with E-state index in [0.29, 0.717) is 12.3 Å². The van der Waals surface area contributed by atoms with Crippen molar-refractivity contribution in [3.8, 4) is 5.75 Å². The number of fused-ring (bicyclic) bond motifs is 1. The molecule has 1 aromatic rings. The number of amides is 1. The number of ether oxygens (including phenoxy) is 1. The molecule has 0 unspecified atom stereocenters. The fourth-order valence-electron chi connectivity index (χ4n) is 2.25. The molecule has 0 fully saturated rings. The monoisotopic (exact) mass is 371 g/mol. The Balaban J connectivity index is 2.48. The Kier molecular flexibility index (Phi) is 4.50. The van der Waals surface area contributed by atoms with Crippen LogP contribution in [0.5, 0.6) is 5.75 Å². The molecule has 0 aromatic heterocycles. The lowest BCUT2D eigenvalue weighted by molar-refractivity contribution is 0.167. The summed E-state index contributed by atoms with van der Waals surface area (Å²) in [6, 6.07) is 4.11. The van der Waals surface area contributed by atoms with E-state index in [2.05, 4.69) is 42.5 Å². The van der Waals surface area contributed by atoms with E-state index >= 15 is 0 Å². The lowest BCUT2D eigenvalue weighted by Crippen LogP contribution is -2.37. The van der Waals surface area contributed by atoms with Gasteiger partial charge in [-0.1, -0.05) is 19.4 Å². The van der Waals surface area contributed by atoms with Crippen LogP contribution < -0.4 is 4.74 Å². The number of benzene rings is 1. The average Bonchev–Trinajstić information content (AvgIpc) is 2.37. The Hall–Kier alpha value is -1.04. The number of nitrogens with zero attached hydrogens (tertiary/aromatic N) is 1. The van der Waals surface area contributed by atoms with Crippen LogP contribution in [0.15, 0.2) is 18.2 Å². The predicted octanol–water partition coefficient (Wildman–Crippen LogP) is 4.57. The van der Waals surface area contributed by atoms with Crippen LogP contribution in [-0.2, 0) is 0 Å². The fourth-order valence-corrected chi connectivity index (χ4v) is 3.14. The molecule has 0 aliphatic carbocycles. The maximum Gasteiger partial charge on any atom is 0.419 e. The van der Waals surface area contributed by atoms with Crippen molar-refractivity contribution in [2.75, 3.05) is 6.54 Å². The number of hydrogen-bond acceptors (Lipinski definition) is 2. The molecule has 0 radical (unpaired) electrons. The first kappa shape index (κ1) is 14.4. The number of hydrogen-bond donors (Lipinski definition) is 0. The quantitative estimate of drug-likeness (QED) is 0.729. The van der Waals surface area contributed by atoms with E-state index in [1.54, 1.807) is 4.90 Å². The first-order chi connectivity index (χ1) is 9.08. The number of carbonyl (C=O) groups is 1. The Labute approximate surface area is 127 Å². The molecule has 0 atom stereocenters. The van der Waals surface area contributed by atoms with Crippen molar-refractivity contribution < 1.29 is 9.53 Å². The third-order valence-electron chi connectivity index (χ3n) is 3.17. The second kappa shape index (κ2) is 5.94. The van der Waals surface area contributed by atoms with E-state index in [1.165, 1.54) is 5.56 Å². The zero-order valence-electron chi connectivity index (χ0n) is 11.5. The van der Waals surface area contributed by atoms with Gasteiger partial charge in [-0.05, 0) is 60.6 Å². The molecular weight excluding hydrogens is 353 g/mol. The average molecular weight is 371 g/mol. The summed E-state index contributed by atoms with van der Waals surface area (Å²) in [4.78, 5) is 13.9. The molecule has 1 amide bonds. The first-order valence-corrected chi connectivity index (χ1v) is 7.62. The minimum absolute atomic E-state index is 0.268. The molecule has 102 valence electrons. The van der Waals surface area contributed by atoms with Gasteiger partial charge in [-0.3, -0.25) is 4.90 Å². The van der Waals surface area contributed by atoms with E-state index in [-0.39, 0.29) is 6.09 Å². The molecule has 3 nitrogen and oxygen atoms in total. The van der Waals surface area contributed by atoms with Gasteiger partial charge in [0.2, 0.25) is 0 Å². The molecule has 0 N–H and O–H groups in total. The number of unbranched alkanes of at least 4 members (excludes halogenated alkanes) is 1. The van der Waals surface area contributed by atoms with Crippen molar-refractivity contribution in [3.63, 3.8) is 0 Å². The minimum atomic E-state index is -0.268. The molecule has 0 spiro atoms. The Bertz CT molecular complexity index is 537. The van der Waals surface area contributed by atoms with E-state index in [4.69, 9.17) is 4.74 Å². The lowest BCUT2D eigenvalue weighted by atomic mass is 10.0. The van der Waals surface area contributed by atoms with Gasteiger partial charge in [0.25, 0.3) is 0 Å². The van der Waals surface area contributed by atoms with Gasteiger partial charge in [0.1, 0.15) is 0 Å². The summed E-state index contributed by atoms with van der Waals surface area (Å²) in [5, 5.41) is 0. The highest BCUT2D eigenvalue weighted by Crippen LogP contribution is 2.38. The summed E-state index contributed by atoms with van der Waals surface area (Å²) in [5.41, 5.74) is 3.15. The van der Waals surface area contributed by atoms with Crippen LogP contribution in [0.3, 0.4) is 0 Å². The second-order valence-corrected chi connectivity index (χ2v) is 5.83. The smallest absolute Gasteiger partial charge is 0.408 e. The lowest BCUT2D eigenvalue weighted by Gasteiger charge is -2.31. The third kappa shape index (κ3) is 2.78. The van der Waals surface area contributed by atoms with Crippen LogP contribution in [0.25, 0.3) is 5.70 Å². The van der Waals surface area contributed by atoms with Crippen molar-refractivity contribution in [1.29, 1.82) is 0 Å². The van der Waals surface area contributed by atoms with E-state index in [9.17, 15) is 4.79 Å². The zero-order valence-corrected chi connectivity index (χ0v) is 13.7. The Morgan fingerprint density at radius 1 is 1.42 bits per heavy atom. The van der Waals surface area contributed by atoms with Gasteiger partial charge < -0.3 is 4.74 Å². The number of allylic oxidation sites excluding steroid dienone is 1. The fraction of sp³-hybridized carbons (Fsp3) is 0.400. The number of rotatable bonds is 3. The minimum Gasteiger partial charge on any atom is -0.408 e. The third-order valence-corrected chi connectivity index (χ3v) is 3.97. The SMILES string of the molecule is C/C=C1/c2cc(C)cc(I)c2OC(=O)N1CCCC. The molecule has 19 heavy (non-hydrogen) atoms. The molecule has 4 heteroatoms. The highest BCUT2D eigenvalue weighted by atomic mass is 127. The van der Waals surface area contributed by atoms with Crippen molar-refractivity contribution in [2.24, 2.45) is 0 Å². The molecule has 1 aromatic carbocycles. The maximum atomic E-state index is 12.1. The van der Waals surface area contributed by atoms with Crippen LogP contribution in [0.4, 0.5) is 4.79 Å². The topological polar surface area (TPSA) is 29.5 Å². The second-order valence-electron chi connectivity index (χ2n) is 4.67. The molecular formula is C15H18INO2. The first-order valence-electron chi connectivity index (χ1n) is 6.54. The van der Waals surface area contributed by atoms with Gasteiger partial charge in [0.05, 0.1) is 9.27 Å². The number of halogens is 1. The van der Waals surface area contributed by atoms with E-state index < -0.39 is 0 Å². The van der Waals surface area contributed by atoms with Gasteiger partial charge >= 0.3 is 6.09 Å². The van der Waals surface area contributed by atoms with Crippen LogP contribution in [0.1, 0.15) is 37.8 Å². The van der Waals surface area contributed by atoms with Crippen molar-refractivity contribution >= 4 is 34.4 Å². The summed E-state index contributed by atoms with van der Waals surface area (Å²) in [5.74, 6) is 0.692. The molecule has 2 rings (SSSR count). The zero-order chi connectivity index (χ0) is 14.0. The summed E-state index contributed by atoms with van der Waals surface area (Å²) in [6.07, 6.45) is 3.75. The molecule has 1 aliphatic heterocycles. The van der Waals surface area contributed by atoms with E-state index in [0.717, 1.165) is 27.7 Å². The van der Waals surface area contributed by atoms with Crippen LogP contribution in [0, 0.1) is 10.5 Å². The Morgan fingerprint density at radius 3 is 2.79 bits per heavy atom. The molecule has 1 aliphatic rings. The molecule has 0 bridgehead atoms. The maximum absolute atomic E-state index is 12.1. The molecule has 0 saturated heterocycles. The summed E-state index contributed by atoms with van der Waals surface area (Å²) in [7, 11) is 0.